The van der Waals surface area contributed by atoms with E-state index in [9.17, 15) is 4.79 Å². The number of aromatic nitrogens is 3. The summed E-state index contributed by atoms with van der Waals surface area (Å²) in [6.45, 7) is 5.89. The molecule has 7 heteroatoms. The SMILES string of the molecule is CSc1cccc(NC(=O)COc2cc(C)c3c(C)nn(-c4ccc(C)cc4)c3n2)c1. The molecule has 0 saturated carbocycles. The third-order valence-electron chi connectivity index (χ3n) is 4.97. The quantitative estimate of drug-likeness (QED) is 0.430. The molecule has 0 aliphatic heterocycles. The molecule has 0 unspecified atom stereocenters. The van der Waals surface area contributed by atoms with Crippen molar-refractivity contribution in [2.45, 2.75) is 25.7 Å². The molecule has 158 valence electrons. The van der Waals surface area contributed by atoms with Gasteiger partial charge >= 0.3 is 0 Å². The van der Waals surface area contributed by atoms with Crippen molar-refractivity contribution in [1.29, 1.82) is 0 Å². The zero-order chi connectivity index (χ0) is 22.0. The van der Waals surface area contributed by atoms with Crippen LogP contribution < -0.4 is 10.1 Å². The molecule has 0 aliphatic rings. The highest BCUT2D eigenvalue weighted by Crippen LogP contribution is 2.27. The maximum absolute atomic E-state index is 12.4. The second-order valence-electron chi connectivity index (χ2n) is 7.38. The number of carbonyl (C=O) groups is 1. The maximum Gasteiger partial charge on any atom is 0.262 e. The summed E-state index contributed by atoms with van der Waals surface area (Å²) < 4.78 is 7.55. The Labute approximate surface area is 185 Å². The van der Waals surface area contributed by atoms with E-state index < -0.39 is 0 Å². The summed E-state index contributed by atoms with van der Waals surface area (Å²) in [7, 11) is 0. The minimum atomic E-state index is -0.235. The van der Waals surface area contributed by atoms with Gasteiger partial charge in [0.05, 0.1) is 11.4 Å². The number of hydrogen-bond donors (Lipinski definition) is 1. The van der Waals surface area contributed by atoms with Crippen LogP contribution in [0.25, 0.3) is 16.7 Å². The van der Waals surface area contributed by atoms with Gasteiger partial charge in [-0.15, -0.1) is 11.8 Å². The second kappa shape index (κ2) is 8.81. The van der Waals surface area contributed by atoms with E-state index in [1.165, 1.54) is 5.56 Å². The normalized spacial score (nSPS) is 11.0. The van der Waals surface area contributed by atoms with E-state index in [1.54, 1.807) is 11.8 Å². The lowest BCUT2D eigenvalue weighted by Gasteiger charge is -2.10. The van der Waals surface area contributed by atoms with E-state index in [2.05, 4.69) is 15.4 Å². The summed E-state index contributed by atoms with van der Waals surface area (Å²) in [6, 6.07) is 17.7. The van der Waals surface area contributed by atoms with Gasteiger partial charge in [0, 0.05) is 22.0 Å². The van der Waals surface area contributed by atoms with E-state index in [0.29, 0.717) is 11.5 Å². The summed E-state index contributed by atoms with van der Waals surface area (Å²) in [6.07, 6.45) is 2.00. The van der Waals surface area contributed by atoms with Crippen LogP contribution in [0.4, 0.5) is 5.69 Å². The molecule has 0 saturated heterocycles. The minimum absolute atomic E-state index is 0.126. The van der Waals surface area contributed by atoms with Gasteiger partial charge in [0.25, 0.3) is 5.91 Å². The van der Waals surface area contributed by atoms with Crippen LogP contribution in [0.5, 0.6) is 5.88 Å². The van der Waals surface area contributed by atoms with Crippen LogP contribution in [0.15, 0.2) is 59.5 Å². The molecule has 2 heterocycles. The standard InChI is InChI=1S/C24H24N4O2S/c1-15-8-10-19(11-9-15)28-24-23(17(3)27-28)16(2)12-22(26-24)30-14-21(29)25-18-6-5-7-20(13-18)31-4/h5-13H,14H2,1-4H3,(H,25,29). The molecule has 0 atom stereocenters. The molecule has 0 aliphatic carbocycles. The molecule has 6 nitrogen and oxygen atoms in total. The van der Waals surface area contributed by atoms with Crippen molar-refractivity contribution in [3.63, 3.8) is 0 Å². The predicted octanol–water partition coefficient (Wildman–Crippen LogP) is 5.09. The van der Waals surface area contributed by atoms with Gasteiger partial charge in [-0.05, 0) is 62.9 Å². The molecule has 0 fully saturated rings. The van der Waals surface area contributed by atoms with Crippen LogP contribution in [0, 0.1) is 20.8 Å². The summed E-state index contributed by atoms with van der Waals surface area (Å²) in [5.41, 5.74) is 5.47. The molecular weight excluding hydrogens is 408 g/mol. The van der Waals surface area contributed by atoms with Crippen molar-refractivity contribution in [3.05, 3.63) is 71.4 Å². The van der Waals surface area contributed by atoms with E-state index >= 15 is 0 Å². The van der Waals surface area contributed by atoms with Crippen molar-refractivity contribution in [2.24, 2.45) is 0 Å². The number of carbonyl (C=O) groups excluding carboxylic acids is 1. The largest absolute Gasteiger partial charge is 0.467 e. The number of nitrogens with one attached hydrogen (secondary N) is 1. The fourth-order valence-electron chi connectivity index (χ4n) is 3.45. The Balaban J connectivity index is 1.56. The van der Waals surface area contributed by atoms with Crippen LogP contribution in [-0.2, 0) is 4.79 Å². The Bertz CT molecular complexity index is 1250. The van der Waals surface area contributed by atoms with Gasteiger partial charge in [-0.2, -0.15) is 10.1 Å². The van der Waals surface area contributed by atoms with E-state index in [4.69, 9.17) is 4.74 Å². The first kappa shape index (κ1) is 20.9. The van der Waals surface area contributed by atoms with Gasteiger partial charge in [-0.25, -0.2) is 4.68 Å². The zero-order valence-electron chi connectivity index (χ0n) is 18.0. The highest BCUT2D eigenvalue weighted by atomic mass is 32.2. The van der Waals surface area contributed by atoms with Gasteiger partial charge in [0.1, 0.15) is 0 Å². The first-order valence-corrected chi connectivity index (χ1v) is 11.2. The van der Waals surface area contributed by atoms with Crippen molar-refractivity contribution in [2.75, 3.05) is 18.2 Å². The van der Waals surface area contributed by atoms with Crippen molar-refractivity contribution < 1.29 is 9.53 Å². The Morgan fingerprint density at radius 1 is 1.10 bits per heavy atom. The number of nitrogens with zero attached hydrogens (tertiary/aromatic N) is 3. The number of rotatable bonds is 6. The molecule has 0 radical (unpaired) electrons. The number of fused-ring (bicyclic) bond motifs is 1. The monoisotopic (exact) mass is 432 g/mol. The third kappa shape index (κ3) is 4.56. The third-order valence-corrected chi connectivity index (χ3v) is 5.69. The lowest BCUT2D eigenvalue weighted by atomic mass is 10.1. The second-order valence-corrected chi connectivity index (χ2v) is 8.26. The lowest BCUT2D eigenvalue weighted by molar-refractivity contribution is -0.118. The minimum Gasteiger partial charge on any atom is -0.467 e. The summed E-state index contributed by atoms with van der Waals surface area (Å²) in [5.74, 6) is 0.160. The molecule has 4 aromatic rings. The van der Waals surface area contributed by atoms with Crippen molar-refractivity contribution >= 4 is 34.4 Å². The molecule has 31 heavy (non-hydrogen) atoms. The van der Waals surface area contributed by atoms with Crippen LogP contribution in [0.3, 0.4) is 0 Å². The fourth-order valence-corrected chi connectivity index (χ4v) is 3.91. The molecule has 0 bridgehead atoms. The summed E-state index contributed by atoms with van der Waals surface area (Å²) in [5, 5.41) is 8.53. The number of thioether (sulfide) groups is 1. The number of ether oxygens (including phenoxy) is 1. The molecule has 4 rings (SSSR count). The predicted molar refractivity (Wildman–Crippen MR) is 125 cm³/mol. The average molecular weight is 433 g/mol. The van der Waals surface area contributed by atoms with Crippen LogP contribution in [0.2, 0.25) is 0 Å². The zero-order valence-corrected chi connectivity index (χ0v) is 18.8. The number of aryl methyl sites for hydroxylation is 3. The number of hydrogen-bond acceptors (Lipinski definition) is 5. The Morgan fingerprint density at radius 2 is 1.87 bits per heavy atom. The average Bonchev–Trinajstić information content (AvgIpc) is 3.10. The van der Waals surface area contributed by atoms with Gasteiger partial charge in [0.15, 0.2) is 12.3 Å². The first-order chi connectivity index (χ1) is 14.9. The van der Waals surface area contributed by atoms with Crippen molar-refractivity contribution in [3.8, 4) is 11.6 Å². The summed E-state index contributed by atoms with van der Waals surface area (Å²) in [4.78, 5) is 18.1. The molecule has 0 spiro atoms. The highest BCUT2D eigenvalue weighted by Gasteiger charge is 2.15. The van der Waals surface area contributed by atoms with E-state index in [0.717, 1.165) is 32.9 Å². The Morgan fingerprint density at radius 3 is 2.61 bits per heavy atom. The summed E-state index contributed by atoms with van der Waals surface area (Å²) >= 11 is 1.62. The van der Waals surface area contributed by atoms with Gasteiger partial charge in [-0.1, -0.05) is 23.8 Å². The van der Waals surface area contributed by atoms with Crippen molar-refractivity contribution in [1.82, 2.24) is 14.8 Å². The van der Waals surface area contributed by atoms with Gasteiger partial charge in [-0.3, -0.25) is 4.79 Å². The molecule has 1 N–H and O–H groups in total. The maximum atomic E-state index is 12.4. The molecule has 1 amide bonds. The number of pyridine rings is 1. The lowest BCUT2D eigenvalue weighted by Crippen LogP contribution is -2.20. The van der Waals surface area contributed by atoms with Crippen LogP contribution in [-0.4, -0.2) is 33.5 Å². The van der Waals surface area contributed by atoms with E-state index in [-0.39, 0.29) is 12.5 Å². The number of amides is 1. The van der Waals surface area contributed by atoms with E-state index in [1.807, 2.05) is 86.3 Å². The Hall–Kier alpha value is -3.32. The molecule has 2 aromatic carbocycles. The topological polar surface area (TPSA) is 69.0 Å². The smallest absolute Gasteiger partial charge is 0.262 e. The number of benzene rings is 2. The van der Waals surface area contributed by atoms with Gasteiger partial charge < -0.3 is 10.1 Å². The van der Waals surface area contributed by atoms with Crippen LogP contribution >= 0.6 is 11.8 Å². The highest BCUT2D eigenvalue weighted by molar-refractivity contribution is 7.98. The molecule has 2 aromatic heterocycles. The molecular formula is C24H24N4O2S. The fraction of sp³-hybridized carbons (Fsp3) is 0.208. The Kier molecular flexibility index (Phi) is 5.95. The van der Waals surface area contributed by atoms with Gasteiger partial charge in [0.2, 0.25) is 5.88 Å². The first-order valence-electron chi connectivity index (χ1n) is 9.95. The number of anilines is 1. The van der Waals surface area contributed by atoms with Crippen LogP contribution in [0.1, 0.15) is 16.8 Å².